The van der Waals surface area contributed by atoms with E-state index < -0.39 is 6.03 Å². The topological polar surface area (TPSA) is 95.8 Å². The Balaban J connectivity index is 1.46. The van der Waals surface area contributed by atoms with Gasteiger partial charge in [0.25, 0.3) is 5.91 Å². The molecule has 8 heteroatoms. The largest absolute Gasteiger partial charge is 0.355 e. The molecule has 0 bridgehead atoms. The van der Waals surface area contributed by atoms with Gasteiger partial charge < -0.3 is 14.7 Å². The number of nitrogens with one attached hydrogen (secondary N) is 1. The third-order valence-corrected chi connectivity index (χ3v) is 4.48. The number of aromatic nitrogens is 1. The molecule has 2 fully saturated rings. The fourth-order valence-corrected chi connectivity index (χ4v) is 3.22. The summed E-state index contributed by atoms with van der Waals surface area (Å²) in [5, 5.41) is 6.36. The summed E-state index contributed by atoms with van der Waals surface area (Å²) in [6.45, 7) is 0.798. The minimum atomic E-state index is -0.392. The van der Waals surface area contributed by atoms with Crippen LogP contribution in [0.1, 0.15) is 16.9 Å². The summed E-state index contributed by atoms with van der Waals surface area (Å²) in [7, 11) is 0. The molecule has 4 amide bonds. The van der Waals surface area contributed by atoms with Crippen molar-refractivity contribution in [3.63, 3.8) is 0 Å². The van der Waals surface area contributed by atoms with Crippen LogP contribution in [-0.2, 0) is 4.79 Å². The molecule has 0 spiro atoms. The first kappa shape index (κ1) is 15.4. The predicted octanol–water partition coefficient (Wildman–Crippen LogP) is 1.11. The van der Waals surface area contributed by atoms with Gasteiger partial charge in [-0.15, -0.1) is 0 Å². The van der Waals surface area contributed by atoms with Crippen LogP contribution in [0.2, 0.25) is 0 Å². The van der Waals surface area contributed by atoms with Crippen LogP contribution in [0, 0.1) is 0 Å². The van der Waals surface area contributed by atoms with Crippen LogP contribution in [0.15, 0.2) is 40.9 Å². The first-order chi connectivity index (χ1) is 12.1. The number of urea groups is 1. The zero-order valence-corrected chi connectivity index (χ0v) is 13.3. The number of imide groups is 1. The van der Waals surface area contributed by atoms with E-state index in [4.69, 9.17) is 4.52 Å². The van der Waals surface area contributed by atoms with Crippen molar-refractivity contribution in [1.82, 2.24) is 20.3 Å². The molecule has 0 radical (unpaired) electrons. The van der Waals surface area contributed by atoms with Crippen molar-refractivity contribution >= 4 is 17.8 Å². The van der Waals surface area contributed by atoms with Crippen LogP contribution < -0.4 is 5.32 Å². The Kier molecular flexibility index (Phi) is 3.72. The highest BCUT2D eigenvalue weighted by Gasteiger charge is 2.40. The summed E-state index contributed by atoms with van der Waals surface area (Å²) in [6.07, 6.45) is 0.564. The summed E-state index contributed by atoms with van der Waals surface area (Å²) in [5.41, 5.74) is 1.06. The highest BCUT2D eigenvalue weighted by molar-refractivity contribution is 6.02. The van der Waals surface area contributed by atoms with Gasteiger partial charge in [0, 0.05) is 24.7 Å². The summed E-state index contributed by atoms with van der Waals surface area (Å²) < 4.78 is 5.27. The second-order valence-corrected chi connectivity index (χ2v) is 6.06. The minimum Gasteiger partial charge on any atom is -0.355 e. The first-order valence-electron chi connectivity index (χ1n) is 8.05. The third-order valence-electron chi connectivity index (χ3n) is 4.48. The number of carbonyl (C=O) groups is 3. The van der Waals surface area contributed by atoms with Crippen LogP contribution in [0.4, 0.5) is 4.79 Å². The van der Waals surface area contributed by atoms with Crippen molar-refractivity contribution in [3.05, 3.63) is 42.1 Å². The van der Waals surface area contributed by atoms with Crippen molar-refractivity contribution in [2.24, 2.45) is 0 Å². The molecule has 1 atom stereocenters. The molecule has 1 N–H and O–H groups in total. The smallest absolute Gasteiger partial charge is 0.324 e. The quantitative estimate of drug-likeness (QED) is 0.845. The molecule has 0 aliphatic carbocycles. The van der Waals surface area contributed by atoms with E-state index in [0.29, 0.717) is 25.3 Å². The highest BCUT2D eigenvalue weighted by Crippen LogP contribution is 2.23. The number of hydrogen-bond acceptors (Lipinski definition) is 5. The molecule has 0 saturated carbocycles. The third kappa shape index (κ3) is 2.75. The van der Waals surface area contributed by atoms with E-state index in [2.05, 4.69) is 10.5 Å². The number of hydrogen-bond donors (Lipinski definition) is 1. The Hall–Kier alpha value is -3.16. The number of nitrogens with zero attached hydrogens (tertiary/aromatic N) is 3. The Labute approximate surface area is 143 Å². The van der Waals surface area contributed by atoms with Crippen molar-refractivity contribution in [1.29, 1.82) is 0 Å². The maximum Gasteiger partial charge on any atom is 0.324 e. The number of carbonyl (C=O) groups excluding carboxylic acids is 3. The minimum absolute atomic E-state index is 0.0208. The van der Waals surface area contributed by atoms with E-state index in [-0.39, 0.29) is 30.1 Å². The maximum absolute atomic E-state index is 12.6. The van der Waals surface area contributed by atoms with E-state index in [9.17, 15) is 14.4 Å². The van der Waals surface area contributed by atoms with Gasteiger partial charge in [0.05, 0.1) is 12.6 Å². The summed E-state index contributed by atoms with van der Waals surface area (Å²) in [5.74, 6) is 0.00591. The van der Waals surface area contributed by atoms with Gasteiger partial charge in [0.15, 0.2) is 11.5 Å². The normalized spacial score (nSPS) is 20.2. The van der Waals surface area contributed by atoms with Gasteiger partial charge in [-0.25, -0.2) is 4.79 Å². The molecule has 2 aliphatic heterocycles. The molecule has 8 nitrogen and oxygen atoms in total. The van der Waals surface area contributed by atoms with E-state index in [0.717, 1.165) is 5.56 Å². The standard InChI is InChI=1S/C17H16N4O4/c22-15-9-18-17(24)21(15)12-6-7-20(10-12)16(23)13-8-14(25-19-13)11-4-2-1-3-5-11/h1-5,8,12H,6-7,9-10H2,(H,18,24). The number of rotatable bonds is 3. The van der Waals surface area contributed by atoms with Gasteiger partial charge >= 0.3 is 6.03 Å². The number of likely N-dealkylation sites (tertiary alicyclic amines) is 1. The van der Waals surface area contributed by atoms with Crippen LogP contribution in [0.5, 0.6) is 0 Å². The van der Waals surface area contributed by atoms with Gasteiger partial charge in [0.1, 0.15) is 0 Å². The lowest BCUT2D eigenvalue weighted by Gasteiger charge is -2.21. The first-order valence-corrected chi connectivity index (χ1v) is 8.05. The second kappa shape index (κ2) is 6.04. The van der Waals surface area contributed by atoms with Gasteiger partial charge in [-0.1, -0.05) is 35.5 Å². The number of benzene rings is 1. The van der Waals surface area contributed by atoms with Crippen molar-refractivity contribution < 1.29 is 18.9 Å². The molecule has 2 aromatic rings. The van der Waals surface area contributed by atoms with Gasteiger partial charge in [-0.05, 0) is 6.42 Å². The van der Waals surface area contributed by atoms with Crippen LogP contribution >= 0.6 is 0 Å². The summed E-state index contributed by atoms with van der Waals surface area (Å²) in [4.78, 5) is 39.0. The van der Waals surface area contributed by atoms with E-state index in [1.54, 1.807) is 11.0 Å². The molecule has 4 rings (SSSR count). The Morgan fingerprint density at radius 2 is 2.04 bits per heavy atom. The zero-order chi connectivity index (χ0) is 17.4. The monoisotopic (exact) mass is 340 g/mol. The lowest BCUT2D eigenvalue weighted by molar-refractivity contribution is -0.126. The molecule has 2 saturated heterocycles. The molecule has 1 aromatic heterocycles. The highest BCUT2D eigenvalue weighted by atomic mass is 16.5. The SMILES string of the molecule is O=C(c1cc(-c2ccccc2)on1)N1CCC(N2C(=O)CNC2=O)C1. The fourth-order valence-electron chi connectivity index (χ4n) is 3.22. The van der Waals surface area contributed by atoms with Gasteiger partial charge in [-0.2, -0.15) is 0 Å². The van der Waals surface area contributed by atoms with Gasteiger partial charge in [0.2, 0.25) is 5.91 Å². The van der Waals surface area contributed by atoms with Crippen LogP contribution in [0.3, 0.4) is 0 Å². The average Bonchev–Trinajstić information content (AvgIpc) is 3.35. The molecule has 3 heterocycles. The average molecular weight is 340 g/mol. The molecule has 1 aromatic carbocycles. The molecule has 2 aliphatic rings. The summed E-state index contributed by atoms with van der Waals surface area (Å²) in [6, 6.07) is 10.3. The lowest BCUT2D eigenvalue weighted by atomic mass is 10.1. The molecule has 128 valence electrons. The van der Waals surface area contributed by atoms with Gasteiger partial charge in [-0.3, -0.25) is 14.5 Å². The predicted molar refractivity (Wildman–Crippen MR) is 86.5 cm³/mol. The molecular formula is C17H16N4O4. The zero-order valence-electron chi connectivity index (χ0n) is 13.3. The fraction of sp³-hybridized carbons (Fsp3) is 0.294. The van der Waals surface area contributed by atoms with Crippen molar-refractivity contribution in [2.75, 3.05) is 19.6 Å². The van der Waals surface area contributed by atoms with E-state index in [1.807, 2.05) is 30.3 Å². The Morgan fingerprint density at radius 3 is 2.76 bits per heavy atom. The molecule has 25 heavy (non-hydrogen) atoms. The van der Waals surface area contributed by atoms with Crippen molar-refractivity contribution in [2.45, 2.75) is 12.5 Å². The molecular weight excluding hydrogens is 324 g/mol. The van der Waals surface area contributed by atoms with Crippen molar-refractivity contribution in [3.8, 4) is 11.3 Å². The van der Waals surface area contributed by atoms with Crippen LogP contribution in [-0.4, -0.2) is 58.5 Å². The Bertz CT molecular complexity index is 816. The lowest BCUT2D eigenvalue weighted by Crippen LogP contribution is -2.42. The molecule has 1 unspecified atom stereocenters. The van der Waals surface area contributed by atoms with Crippen LogP contribution in [0.25, 0.3) is 11.3 Å². The second-order valence-electron chi connectivity index (χ2n) is 6.06. The number of amides is 4. The summed E-state index contributed by atoms with van der Waals surface area (Å²) >= 11 is 0. The van der Waals surface area contributed by atoms with E-state index in [1.165, 1.54) is 4.90 Å². The van der Waals surface area contributed by atoms with E-state index >= 15 is 0 Å². The maximum atomic E-state index is 12.6. The Morgan fingerprint density at radius 1 is 1.24 bits per heavy atom.